The number of thiocarbonyl (C=S) groups is 1. The molecule has 3 nitrogen and oxygen atoms in total. The van der Waals surface area contributed by atoms with Gasteiger partial charge in [0.1, 0.15) is 5.75 Å². The summed E-state index contributed by atoms with van der Waals surface area (Å²) in [4.78, 5) is 1.20. The summed E-state index contributed by atoms with van der Waals surface area (Å²) in [6.07, 6.45) is 2.05. The SMILES string of the molecule is CCOc1ccc(NC(=S)Nc2cccc(SC)c2)cc1. The number of benzene rings is 2. The number of hydrogen-bond donors (Lipinski definition) is 2. The number of ether oxygens (including phenoxy) is 1. The molecule has 0 aliphatic heterocycles. The molecule has 0 bridgehead atoms. The second kappa shape index (κ2) is 7.90. The minimum atomic E-state index is 0.567. The van der Waals surface area contributed by atoms with Crippen LogP contribution in [0.25, 0.3) is 0 Å². The number of nitrogens with one attached hydrogen (secondary N) is 2. The van der Waals surface area contributed by atoms with Gasteiger partial charge in [0.15, 0.2) is 5.11 Å². The highest BCUT2D eigenvalue weighted by molar-refractivity contribution is 7.98. The van der Waals surface area contributed by atoms with Crippen LogP contribution in [0, 0.1) is 0 Å². The van der Waals surface area contributed by atoms with Crippen molar-refractivity contribution < 1.29 is 4.74 Å². The lowest BCUT2D eigenvalue weighted by Gasteiger charge is -2.11. The van der Waals surface area contributed by atoms with Gasteiger partial charge in [-0.05, 0) is 67.9 Å². The molecule has 0 heterocycles. The van der Waals surface area contributed by atoms with E-state index in [2.05, 4.69) is 29.0 Å². The molecular weight excluding hydrogens is 300 g/mol. The van der Waals surface area contributed by atoms with E-state index >= 15 is 0 Å². The van der Waals surface area contributed by atoms with Crippen molar-refractivity contribution in [3.05, 3.63) is 48.5 Å². The molecule has 2 aromatic carbocycles. The van der Waals surface area contributed by atoms with Crippen LogP contribution < -0.4 is 15.4 Å². The Morgan fingerprint density at radius 1 is 1.10 bits per heavy atom. The monoisotopic (exact) mass is 318 g/mol. The fraction of sp³-hybridized carbons (Fsp3) is 0.188. The van der Waals surface area contributed by atoms with Crippen molar-refractivity contribution in [3.8, 4) is 5.75 Å². The lowest BCUT2D eigenvalue weighted by Crippen LogP contribution is -2.18. The summed E-state index contributed by atoms with van der Waals surface area (Å²) in [5, 5.41) is 6.90. The summed E-state index contributed by atoms with van der Waals surface area (Å²) in [6, 6.07) is 15.9. The van der Waals surface area contributed by atoms with Crippen molar-refractivity contribution in [3.63, 3.8) is 0 Å². The van der Waals surface area contributed by atoms with Gasteiger partial charge in [0.25, 0.3) is 0 Å². The molecule has 0 spiro atoms. The van der Waals surface area contributed by atoms with Crippen molar-refractivity contribution in [2.24, 2.45) is 0 Å². The molecular formula is C16H18N2OS2. The molecule has 0 aromatic heterocycles. The van der Waals surface area contributed by atoms with E-state index in [-0.39, 0.29) is 0 Å². The van der Waals surface area contributed by atoms with E-state index in [9.17, 15) is 0 Å². The Labute approximate surface area is 135 Å². The van der Waals surface area contributed by atoms with E-state index in [1.165, 1.54) is 4.90 Å². The highest BCUT2D eigenvalue weighted by atomic mass is 32.2. The summed E-state index contributed by atoms with van der Waals surface area (Å²) in [5.41, 5.74) is 1.90. The highest BCUT2D eigenvalue weighted by Crippen LogP contribution is 2.20. The van der Waals surface area contributed by atoms with Gasteiger partial charge in [-0.2, -0.15) is 0 Å². The molecule has 21 heavy (non-hydrogen) atoms. The Kier molecular flexibility index (Phi) is 5.90. The zero-order valence-electron chi connectivity index (χ0n) is 12.1. The van der Waals surface area contributed by atoms with E-state index in [0.29, 0.717) is 11.7 Å². The largest absolute Gasteiger partial charge is 0.494 e. The van der Waals surface area contributed by atoms with Crippen LogP contribution in [0.4, 0.5) is 11.4 Å². The molecule has 0 saturated heterocycles. The topological polar surface area (TPSA) is 33.3 Å². The molecule has 0 aliphatic rings. The Morgan fingerprint density at radius 3 is 2.48 bits per heavy atom. The predicted molar refractivity (Wildman–Crippen MR) is 95.7 cm³/mol. The first kappa shape index (κ1) is 15.7. The molecule has 0 radical (unpaired) electrons. The summed E-state index contributed by atoms with van der Waals surface area (Å²) in [6.45, 7) is 2.63. The van der Waals surface area contributed by atoms with Crippen LogP contribution >= 0.6 is 24.0 Å². The Bertz CT molecular complexity index is 599. The molecule has 0 atom stereocenters. The molecule has 2 rings (SSSR count). The molecule has 110 valence electrons. The van der Waals surface area contributed by atoms with Crippen LogP contribution in [0.15, 0.2) is 53.4 Å². The van der Waals surface area contributed by atoms with E-state index < -0.39 is 0 Å². The normalized spacial score (nSPS) is 10.0. The maximum absolute atomic E-state index is 5.41. The number of hydrogen-bond acceptors (Lipinski definition) is 3. The van der Waals surface area contributed by atoms with E-state index in [1.807, 2.05) is 43.3 Å². The molecule has 0 aliphatic carbocycles. The first-order chi connectivity index (χ1) is 10.2. The highest BCUT2D eigenvalue weighted by Gasteiger charge is 2.00. The standard InChI is InChI=1S/C16H18N2OS2/c1-3-19-14-9-7-12(8-10-14)17-16(20)18-13-5-4-6-15(11-13)21-2/h4-11H,3H2,1-2H3,(H2,17,18,20). The van der Waals surface area contributed by atoms with Crippen LogP contribution in [0.2, 0.25) is 0 Å². The molecule has 0 fully saturated rings. The van der Waals surface area contributed by atoms with Crippen molar-refractivity contribution in [1.82, 2.24) is 0 Å². The van der Waals surface area contributed by atoms with Crippen LogP contribution in [0.5, 0.6) is 5.75 Å². The Balaban J connectivity index is 1.94. The average molecular weight is 318 g/mol. The van der Waals surface area contributed by atoms with Gasteiger partial charge in [-0.15, -0.1) is 11.8 Å². The van der Waals surface area contributed by atoms with E-state index in [1.54, 1.807) is 11.8 Å². The third-order valence-electron chi connectivity index (χ3n) is 2.75. The lowest BCUT2D eigenvalue weighted by molar-refractivity contribution is 0.340. The maximum Gasteiger partial charge on any atom is 0.175 e. The zero-order valence-corrected chi connectivity index (χ0v) is 13.7. The summed E-state index contributed by atoms with van der Waals surface area (Å²) in [5.74, 6) is 0.856. The summed E-state index contributed by atoms with van der Waals surface area (Å²) >= 11 is 7.02. The quantitative estimate of drug-likeness (QED) is 0.621. The molecule has 0 amide bonds. The van der Waals surface area contributed by atoms with Crippen LogP contribution in [0.1, 0.15) is 6.92 Å². The Hall–Kier alpha value is -1.72. The van der Waals surface area contributed by atoms with Crippen molar-refractivity contribution in [1.29, 1.82) is 0 Å². The van der Waals surface area contributed by atoms with Gasteiger partial charge in [0.2, 0.25) is 0 Å². The Morgan fingerprint density at radius 2 is 1.81 bits per heavy atom. The van der Waals surface area contributed by atoms with Crippen molar-refractivity contribution in [2.75, 3.05) is 23.5 Å². The second-order valence-electron chi connectivity index (χ2n) is 4.27. The number of thioether (sulfide) groups is 1. The van der Waals surface area contributed by atoms with E-state index in [0.717, 1.165) is 17.1 Å². The van der Waals surface area contributed by atoms with Gasteiger partial charge in [0.05, 0.1) is 6.61 Å². The fourth-order valence-electron chi connectivity index (χ4n) is 1.80. The average Bonchev–Trinajstić information content (AvgIpc) is 2.49. The number of rotatable bonds is 5. The first-order valence-electron chi connectivity index (χ1n) is 6.66. The van der Waals surface area contributed by atoms with Gasteiger partial charge in [-0.3, -0.25) is 0 Å². The minimum absolute atomic E-state index is 0.567. The van der Waals surface area contributed by atoms with Gasteiger partial charge < -0.3 is 15.4 Å². The first-order valence-corrected chi connectivity index (χ1v) is 8.29. The van der Waals surface area contributed by atoms with Crippen LogP contribution in [0.3, 0.4) is 0 Å². The van der Waals surface area contributed by atoms with Gasteiger partial charge in [-0.25, -0.2) is 0 Å². The smallest absolute Gasteiger partial charge is 0.175 e. The van der Waals surface area contributed by atoms with Gasteiger partial charge in [0, 0.05) is 16.3 Å². The molecule has 2 N–H and O–H groups in total. The summed E-state index contributed by atoms with van der Waals surface area (Å²) < 4.78 is 5.41. The van der Waals surface area contributed by atoms with Crippen molar-refractivity contribution >= 4 is 40.5 Å². The third kappa shape index (κ3) is 4.95. The molecule has 2 aromatic rings. The summed E-state index contributed by atoms with van der Waals surface area (Å²) in [7, 11) is 0. The maximum atomic E-state index is 5.41. The number of anilines is 2. The lowest BCUT2D eigenvalue weighted by atomic mass is 10.3. The zero-order chi connectivity index (χ0) is 15.1. The molecule has 0 saturated carbocycles. The van der Waals surface area contributed by atoms with Crippen LogP contribution in [-0.2, 0) is 0 Å². The second-order valence-corrected chi connectivity index (χ2v) is 5.56. The molecule has 0 unspecified atom stereocenters. The third-order valence-corrected chi connectivity index (χ3v) is 3.68. The van der Waals surface area contributed by atoms with Crippen LogP contribution in [-0.4, -0.2) is 18.0 Å². The predicted octanol–water partition coefficient (Wildman–Crippen LogP) is 4.62. The minimum Gasteiger partial charge on any atom is -0.494 e. The van der Waals surface area contributed by atoms with E-state index in [4.69, 9.17) is 17.0 Å². The van der Waals surface area contributed by atoms with Gasteiger partial charge >= 0.3 is 0 Å². The van der Waals surface area contributed by atoms with Crippen molar-refractivity contribution in [2.45, 2.75) is 11.8 Å². The fourth-order valence-corrected chi connectivity index (χ4v) is 2.49. The molecule has 5 heteroatoms. The van der Waals surface area contributed by atoms with Gasteiger partial charge in [-0.1, -0.05) is 6.07 Å².